The lowest BCUT2D eigenvalue weighted by molar-refractivity contribution is -0.116. The van der Waals surface area contributed by atoms with Gasteiger partial charge in [0.2, 0.25) is 5.91 Å². The van der Waals surface area contributed by atoms with Crippen LogP contribution in [-0.4, -0.2) is 17.7 Å². The van der Waals surface area contributed by atoms with Crippen LogP contribution in [0.2, 0.25) is 0 Å². The van der Waals surface area contributed by atoms with Gasteiger partial charge in [-0.15, -0.1) is 23.1 Å². The number of thiophene rings is 1. The van der Waals surface area contributed by atoms with Crippen LogP contribution in [0.4, 0.5) is 10.7 Å². The second-order valence-electron chi connectivity index (χ2n) is 12.6. The SMILES string of the molecule is CC(C)c1ccc(/C=C(/NC(=O)c2ccccc2)C(=O)Nc2cccc(SC(C(=O)Nc3sc4c(c3C#N)CCCC4)c3ccccc3)c2)cc1. The molecule has 1 aromatic heterocycles. The number of nitriles is 1. The van der Waals surface area contributed by atoms with E-state index in [1.54, 1.807) is 36.4 Å². The van der Waals surface area contributed by atoms with Crippen LogP contribution in [0.15, 0.2) is 120 Å². The van der Waals surface area contributed by atoms with E-state index in [4.69, 9.17) is 0 Å². The molecule has 1 heterocycles. The highest BCUT2D eigenvalue weighted by atomic mass is 32.2. The van der Waals surface area contributed by atoms with E-state index in [-0.39, 0.29) is 11.6 Å². The maximum absolute atomic E-state index is 13.9. The Morgan fingerprint density at radius 3 is 2.24 bits per heavy atom. The quantitative estimate of drug-likeness (QED) is 0.0934. The number of hydrogen-bond acceptors (Lipinski definition) is 6. The van der Waals surface area contributed by atoms with Crippen molar-refractivity contribution in [2.24, 2.45) is 0 Å². The monoisotopic (exact) mass is 710 g/mol. The predicted octanol–water partition coefficient (Wildman–Crippen LogP) is 9.50. The molecule has 0 bridgehead atoms. The average molecular weight is 711 g/mol. The predicted molar refractivity (Wildman–Crippen MR) is 207 cm³/mol. The normalized spacial score (nSPS) is 13.1. The molecule has 3 N–H and O–H groups in total. The summed E-state index contributed by atoms with van der Waals surface area (Å²) in [4.78, 5) is 42.8. The van der Waals surface area contributed by atoms with Crippen molar-refractivity contribution in [1.29, 1.82) is 5.26 Å². The number of nitrogens with zero attached hydrogens (tertiary/aromatic N) is 1. The highest BCUT2D eigenvalue weighted by molar-refractivity contribution is 8.00. The minimum absolute atomic E-state index is 0.0905. The number of carbonyl (C=O) groups is 3. The van der Waals surface area contributed by atoms with Gasteiger partial charge in [0.25, 0.3) is 11.8 Å². The number of amides is 3. The van der Waals surface area contributed by atoms with Crippen LogP contribution < -0.4 is 16.0 Å². The first-order valence-electron chi connectivity index (χ1n) is 17.0. The van der Waals surface area contributed by atoms with E-state index in [0.717, 1.165) is 47.3 Å². The molecule has 3 amide bonds. The minimum atomic E-state index is -0.628. The molecule has 51 heavy (non-hydrogen) atoms. The van der Waals surface area contributed by atoms with Gasteiger partial charge >= 0.3 is 0 Å². The molecule has 1 atom stereocenters. The van der Waals surface area contributed by atoms with Crippen molar-refractivity contribution in [1.82, 2.24) is 5.32 Å². The van der Waals surface area contributed by atoms with Crippen molar-refractivity contribution in [3.05, 3.63) is 153 Å². The Bertz CT molecular complexity index is 2100. The van der Waals surface area contributed by atoms with Crippen molar-refractivity contribution < 1.29 is 14.4 Å². The molecule has 1 unspecified atom stereocenters. The zero-order valence-corrected chi connectivity index (χ0v) is 30.1. The Labute approximate surface area is 306 Å². The topological polar surface area (TPSA) is 111 Å². The summed E-state index contributed by atoms with van der Waals surface area (Å²) in [6.45, 7) is 4.23. The van der Waals surface area contributed by atoms with E-state index in [1.165, 1.54) is 33.5 Å². The Morgan fingerprint density at radius 1 is 0.824 bits per heavy atom. The Hall–Kier alpha value is -5.43. The molecule has 4 aromatic carbocycles. The van der Waals surface area contributed by atoms with Gasteiger partial charge in [-0.2, -0.15) is 5.26 Å². The Morgan fingerprint density at radius 2 is 1.53 bits per heavy atom. The van der Waals surface area contributed by atoms with Gasteiger partial charge in [-0.05, 0) is 90.3 Å². The van der Waals surface area contributed by atoms with Gasteiger partial charge in [0, 0.05) is 21.0 Å². The molecule has 0 aliphatic heterocycles. The van der Waals surface area contributed by atoms with Crippen LogP contribution in [-0.2, 0) is 22.4 Å². The summed E-state index contributed by atoms with van der Waals surface area (Å²) >= 11 is 2.86. The van der Waals surface area contributed by atoms with Gasteiger partial charge in [-0.1, -0.05) is 92.7 Å². The largest absolute Gasteiger partial charge is 0.321 e. The molecule has 6 rings (SSSR count). The minimum Gasteiger partial charge on any atom is -0.321 e. The van der Waals surface area contributed by atoms with Crippen LogP contribution in [0.25, 0.3) is 6.08 Å². The van der Waals surface area contributed by atoms with Crippen molar-refractivity contribution in [2.75, 3.05) is 10.6 Å². The standard InChI is InChI=1S/C42H38N4O3S2/c1-27(2)29-22-20-28(21-23-29)24-36(45-39(47)31-14-7-4-8-15-31)40(48)44-32-16-11-17-33(25-32)50-38(30-12-5-3-6-13-30)41(49)46-42-35(26-43)34-18-9-10-19-37(34)51-42/h3-8,11-17,20-25,27,38H,9-10,18-19H2,1-2H3,(H,44,48)(H,45,47)(H,46,49)/b36-24+. The molecule has 0 fully saturated rings. The van der Waals surface area contributed by atoms with Gasteiger partial charge in [0.15, 0.2) is 0 Å². The van der Waals surface area contributed by atoms with E-state index in [1.807, 2.05) is 78.9 Å². The number of nitrogens with one attached hydrogen (secondary N) is 3. The van der Waals surface area contributed by atoms with Crippen molar-refractivity contribution in [2.45, 2.75) is 55.6 Å². The fourth-order valence-corrected chi connectivity index (χ4v) is 8.24. The molecule has 0 saturated heterocycles. The zero-order valence-electron chi connectivity index (χ0n) is 28.4. The Kier molecular flexibility index (Phi) is 11.5. The highest BCUT2D eigenvalue weighted by Gasteiger charge is 2.27. The molecule has 9 heteroatoms. The maximum atomic E-state index is 13.9. The summed E-state index contributed by atoms with van der Waals surface area (Å²) in [5.41, 5.74) is 5.41. The van der Waals surface area contributed by atoms with Crippen LogP contribution in [0.3, 0.4) is 0 Å². The zero-order chi connectivity index (χ0) is 35.7. The molecule has 7 nitrogen and oxygen atoms in total. The first kappa shape index (κ1) is 35.4. The number of thioether (sulfide) groups is 1. The summed E-state index contributed by atoms with van der Waals surface area (Å²) < 4.78 is 0. The summed E-state index contributed by atoms with van der Waals surface area (Å²) in [5.74, 6) is -0.759. The second-order valence-corrected chi connectivity index (χ2v) is 14.9. The first-order chi connectivity index (χ1) is 24.8. The summed E-state index contributed by atoms with van der Waals surface area (Å²) in [7, 11) is 0. The number of anilines is 2. The smallest absolute Gasteiger partial charge is 0.272 e. The summed E-state index contributed by atoms with van der Waals surface area (Å²) in [5, 5.41) is 18.8. The molecule has 5 aromatic rings. The Balaban J connectivity index is 1.24. The van der Waals surface area contributed by atoms with Crippen LogP contribution in [0.5, 0.6) is 0 Å². The van der Waals surface area contributed by atoms with E-state index >= 15 is 0 Å². The number of fused-ring (bicyclic) bond motifs is 1. The lowest BCUT2D eigenvalue weighted by Gasteiger charge is -2.17. The molecular weight excluding hydrogens is 673 g/mol. The summed E-state index contributed by atoms with van der Waals surface area (Å²) in [6.07, 6.45) is 5.58. The molecule has 1 aliphatic carbocycles. The molecule has 1 aliphatic rings. The third-order valence-corrected chi connectivity index (χ3v) is 11.1. The molecule has 0 radical (unpaired) electrons. The lowest BCUT2D eigenvalue weighted by atomic mass is 9.96. The van der Waals surface area contributed by atoms with E-state index in [2.05, 4.69) is 35.9 Å². The van der Waals surface area contributed by atoms with Crippen LogP contribution in [0.1, 0.15) is 80.9 Å². The second kappa shape index (κ2) is 16.5. The van der Waals surface area contributed by atoms with Crippen molar-refractivity contribution in [3.8, 4) is 6.07 Å². The highest BCUT2D eigenvalue weighted by Crippen LogP contribution is 2.41. The molecule has 0 saturated carbocycles. The van der Waals surface area contributed by atoms with Gasteiger partial charge in [0.05, 0.1) is 5.56 Å². The third-order valence-electron chi connectivity index (χ3n) is 8.65. The van der Waals surface area contributed by atoms with Gasteiger partial charge in [0.1, 0.15) is 22.0 Å². The number of hydrogen-bond donors (Lipinski definition) is 3. The molecular formula is C42H38N4O3S2. The number of carbonyl (C=O) groups excluding carboxylic acids is 3. The fraction of sp³-hybridized carbons (Fsp3) is 0.190. The average Bonchev–Trinajstić information content (AvgIpc) is 3.51. The summed E-state index contributed by atoms with van der Waals surface area (Å²) in [6, 6.07) is 35.7. The van der Waals surface area contributed by atoms with Crippen molar-refractivity contribution in [3.63, 3.8) is 0 Å². The van der Waals surface area contributed by atoms with Gasteiger partial charge < -0.3 is 16.0 Å². The fourth-order valence-electron chi connectivity index (χ4n) is 5.92. The van der Waals surface area contributed by atoms with Crippen LogP contribution in [0, 0.1) is 11.3 Å². The number of aryl methyl sites for hydroxylation is 1. The third kappa shape index (κ3) is 8.84. The van der Waals surface area contributed by atoms with E-state index in [0.29, 0.717) is 27.7 Å². The van der Waals surface area contributed by atoms with Gasteiger partial charge in [-0.25, -0.2) is 0 Å². The maximum Gasteiger partial charge on any atom is 0.272 e. The van der Waals surface area contributed by atoms with Crippen molar-refractivity contribution >= 4 is 57.6 Å². The van der Waals surface area contributed by atoms with E-state index < -0.39 is 17.1 Å². The number of rotatable bonds is 11. The molecule has 256 valence electrons. The van der Waals surface area contributed by atoms with Crippen LogP contribution >= 0.6 is 23.1 Å². The molecule has 0 spiro atoms. The lowest BCUT2D eigenvalue weighted by Crippen LogP contribution is -2.30. The van der Waals surface area contributed by atoms with Gasteiger partial charge in [-0.3, -0.25) is 14.4 Å². The number of benzene rings is 4. The first-order valence-corrected chi connectivity index (χ1v) is 18.6. The van der Waals surface area contributed by atoms with E-state index in [9.17, 15) is 19.6 Å².